The van der Waals surface area contributed by atoms with Gasteiger partial charge in [-0.1, -0.05) is 31.2 Å². The molecule has 1 unspecified atom stereocenters. The van der Waals surface area contributed by atoms with Crippen LogP contribution < -0.4 is 0 Å². The van der Waals surface area contributed by atoms with Gasteiger partial charge in [-0.2, -0.15) is 0 Å². The third-order valence-corrected chi connectivity index (χ3v) is 7.46. The van der Waals surface area contributed by atoms with Crippen molar-refractivity contribution in [3.8, 4) is 0 Å². The number of furan rings is 1. The molecular formula is C23H24FNO4S. The highest BCUT2D eigenvalue weighted by atomic mass is 32.2. The second-order valence-corrected chi connectivity index (χ2v) is 10.1. The number of fused-ring (bicyclic) bond motifs is 1. The maximum Gasteiger partial charge on any atom is 0.227 e. The van der Waals surface area contributed by atoms with Crippen molar-refractivity contribution in [3.63, 3.8) is 0 Å². The van der Waals surface area contributed by atoms with Gasteiger partial charge in [-0.3, -0.25) is 4.79 Å². The van der Waals surface area contributed by atoms with E-state index in [9.17, 15) is 17.6 Å². The van der Waals surface area contributed by atoms with Gasteiger partial charge in [-0.15, -0.1) is 0 Å². The van der Waals surface area contributed by atoms with E-state index >= 15 is 0 Å². The van der Waals surface area contributed by atoms with E-state index in [4.69, 9.17) is 4.42 Å². The van der Waals surface area contributed by atoms with Gasteiger partial charge < -0.3 is 9.32 Å². The van der Waals surface area contributed by atoms with Crippen molar-refractivity contribution in [2.45, 2.75) is 38.8 Å². The molecule has 0 saturated carbocycles. The topological polar surface area (TPSA) is 67.6 Å². The highest BCUT2D eigenvalue weighted by Gasteiger charge is 2.34. The lowest BCUT2D eigenvalue weighted by Crippen LogP contribution is -2.41. The van der Waals surface area contributed by atoms with Crippen LogP contribution in [0.4, 0.5) is 4.39 Å². The molecule has 3 aromatic rings. The molecule has 0 bridgehead atoms. The highest BCUT2D eigenvalue weighted by Crippen LogP contribution is 2.26. The number of carbonyl (C=O) groups is 1. The summed E-state index contributed by atoms with van der Waals surface area (Å²) < 4.78 is 43.2. The van der Waals surface area contributed by atoms with Crippen LogP contribution in [0.1, 0.15) is 30.0 Å². The number of nitrogens with zero attached hydrogens (tertiary/aromatic N) is 1. The Morgan fingerprint density at radius 1 is 1.17 bits per heavy atom. The zero-order valence-corrected chi connectivity index (χ0v) is 17.6. The molecule has 1 atom stereocenters. The molecule has 1 amide bonds. The third-order valence-electron chi connectivity index (χ3n) is 5.71. The molecule has 4 rings (SSSR count). The van der Waals surface area contributed by atoms with Gasteiger partial charge in [0.2, 0.25) is 5.91 Å². The standard InChI is InChI=1S/C23H24FNO4S/c1-2-16-3-5-17(6-4-16)13-25(20-9-10-30(27,28)15-20)23(26)11-18-14-29-22-8-7-19(24)12-21(18)22/h3-8,12,14,20H,2,9-11,13,15H2,1H3. The van der Waals surface area contributed by atoms with Crippen molar-refractivity contribution in [2.24, 2.45) is 0 Å². The molecule has 30 heavy (non-hydrogen) atoms. The maximum absolute atomic E-state index is 13.7. The molecular weight excluding hydrogens is 405 g/mol. The van der Waals surface area contributed by atoms with Crippen molar-refractivity contribution in [3.05, 3.63) is 71.2 Å². The van der Waals surface area contributed by atoms with Crippen molar-refractivity contribution in [1.82, 2.24) is 4.90 Å². The first-order chi connectivity index (χ1) is 14.3. The largest absolute Gasteiger partial charge is 0.464 e. The maximum atomic E-state index is 13.7. The van der Waals surface area contributed by atoms with Crippen LogP contribution in [0.5, 0.6) is 0 Å². The number of sulfone groups is 1. The number of halogens is 1. The van der Waals surface area contributed by atoms with E-state index in [-0.39, 0.29) is 29.9 Å². The van der Waals surface area contributed by atoms with E-state index in [1.807, 2.05) is 24.3 Å². The first-order valence-corrected chi connectivity index (χ1v) is 11.9. The van der Waals surface area contributed by atoms with Gasteiger partial charge in [-0.05, 0) is 42.2 Å². The minimum absolute atomic E-state index is 0.0213. The first kappa shape index (κ1) is 20.6. The quantitative estimate of drug-likeness (QED) is 0.596. The molecule has 1 aliphatic rings. The van der Waals surface area contributed by atoms with Crippen molar-refractivity contribution in [1.29, 1.82) is 0 Å². The Morgan fingerprint density at radius 3 is 2.57 bits per heavy atom. The summed E-state index contributed by atoms with van der Waals surface area (Å²) in [5, 5.41) is 0.564. The fourth-order valence-electron chi connectivity index (χ4n) is 3.97. The van der Waals surface area contributed by atoms with Crippen LogP contribution >= 0.6 is 0 Å². The number of carbonyl (C=O) groups excluding carboxylic acids is 1. The Labute approximate surface area is 175 Å². The Hall–Kier alpha value is -2.67. The molecule has 0 spiro atoms. The molecule has 1 aromatic heterocycles. The minimum atomic E-state index is -3.14. The van der Waals surface area contributed by atoms with Gasteiger partial charge in [0.05, 0.1) is 24.2 Å². The van der Waals surface area contributed by atoms with E-state index in [0.29, 0.717) is 29.5 Å². The molecule has 0 radical (unpaired) electrons. The van der Waals surface area contributed by atoms with E-state index in [1.165, 1.54) is 30.0 Å². The SMILES string of the molecule is CCc1ccc(CN(C(=O)Cc2coc3ccc(F)cc23)C2CCS(=O)(=O)C2)cc1. The van der Waals surface area contributed by atoms with Gasteiger partial charge in [0.25, 0.3) is 0 Å². The van der Waals surface area contributed by atoms with Crippen LogP contribution in [-0.4, -0.2) is 36.8 Å². The van der Waals surface area contributed by atoms with Gasteiger partial charge in [0, 0.05) is 23.5 Å². The lowest BCUT2D eigenvalue weighted by atomic mass is 10.1. The second kappa shape index (κ2) is 8.22. The smallest absolute Gasteiger partial charge is 0.227 e. The van der Waals surface area contributed by atoms with Crippen LogP contribution in [0.3, 0.4) is 0 Å². The van der Waals surface area contributed by atoms with E-state index in [0.717, 1.165) is 12.0 Å². The van der Waals surface area contributed by atoms with Crippen LogP contribution in [0, 0.1) is 5.82 Å². The summed E-state index contributed by atoms with van der Waals surface area (Å²) in [5.41, 5.74) is 3.27. The van der Waals surface area contributed by atoms with Gasteiger partial charge >= 0.3 is 0 Å². The Morgan fingerprint density at radius 2 is 1.90 bits per heavy atom. The fraction of sp³-hybridized carbons (Fsp3) is 0.348. The van der Waals surface area contributed by atoms with Crippen LogP contribution in [-0.2, 0) is 34.0 Å². The zero-order valence-electron chi connectivity index (χ0n) is 16.8. The summed E-state index contributed by atoms with van der Waals surface area (Å²) in [6.45, 7) is 2.42. The molecule has 158 valence electrons. The molecule has 7 heteroatoms. The Kier molecular flexibility index (Phi) is 5.64. The van der Waals surface area contributed by atoms with Gasteiger partial charge in [0.1, 0.15) is 11.4 Å². The number of hydrogen-bond donors (Lipinski definition) is 0. The molecule has 1 fully saturated rings. The average molecular weight is 430 g/mol. The van der Waals surface area contributed by atoms with Crippen molar-refractivity contribution < 1.29 is 22.0 Å². The molecule has 2 aromatic carbocycles. The zero-order chi connectivity index (χ0) is 21.3. The van der Waals surface area contributed by atoms with Crippen LogP contribution in [0.2, 0.25) is 0 Å². The lowest BCUT2D eigenvalue weighted by Gasteiger charge is -2.28. The predicted molar refractivity (Wildman–Crippen MR) is 113 cm³/mol. The second-order valence-electron chi connectivity index (χ2n) is 7.83. The number of amides is 1. The molecule has 0 aliphatic carbocycles. The monoisotopic (exact) mass is 429 g/mol. The molecule has 0 N–H and O–H groups in total. The van der Waals surface area contributed by atoms with Crippen molar-refractivity contribution >= 4 is 26.7 Å². The molecule has 5 nitrogen and oxygen atoms in total. The van der Waals surface area contributed by atoms with Crippen LogP contribution in [0.25, 0.3) is 11.0 Å². The average Bonchev–Trinajstić information content (AvgIpc) is 3.29. The number of rotatable bonds is 6. The minimum Gasteiger partial charge on any atom is -0.464 e. The molecule has 1 saturated heterocycles. The lowest BCUT2D eigenvalue weighted by molar-refractivity contribution is -0.133. The van der Waals surface area contributed by atoms with E-state index < -0.39 is 15.7 Å². The van der Waals surface area contributed by atoms with Crippen molar-refractivity contribution in [2.75, 3.05) is 11.5 Å². The fourth-order valence-corrected chi connectivity index (χ4v) is 5.71. The number of hydrogen-bond acceptors (Lipinski definition) is 4. The summed E-state index contributed by atoms with van der Waals surface area (Å²) in [4.78, 5) is 14.9. The summed E-state index contributed by atoms with van der Waals surface area (Å²) in [6, 6.07) is 11.8. The third kappa shape index (κ3) is 4.41. The Balaban J connectivity index is 1.60. The Bertz CT molecular complexity index is 1170. The van der Waals surface area contributed by atoms with E-state index in [1.54, 1.807) is 4.90 Å². The highest BCUT2D eigenvalue weighted by molar-refractivity contribution is 7.91. The summed E-state index contributed by atoms with van der Waals surface area (Å²) in [5.74, 6) is -0.515. The normalized spacial score (nSPS) is 18.0. The number of benzene rings is 2. The van der Waals surface area contributed by atoms with Crippen LogP contribution in [0.15, 0.2) is 53.1 Å². The predicted octanol–water partition coefficient (Wildman–Crippen LogP) is 3.89. The van der Waals surface area contributed by atoms with Gasteiger partial charge in [-0.25, -0.2) is 12.8 Å². The van der Waals surface area contributed by atoms with E-state index in [2.05, 4.69) is 6.92 Å². The molecule has 2 heterocycles. The summed E-state index contributed by atoms with van der Waals surface area (Å²) >= 11 is 0. The number of aryl methyl sites for hydroxylation is 1. The van der Waals surface area contributed by atoms with Gasteiger partial charge in [0.15, 0.2) is 9.84 Å². The summed E-state index contributed by atoms with van der Waals surface area (Å²) in [6.07, 6.45) is 2.86. The molecule has 1 aliphatic heterocycles. The summed E-state index contributed by atoms with van der Waals surface area (Å²) in [7, 11) is -3.14. The first-order valence-electron chi connectivity index (χ1n) is 10.1.